The maximum Gasteiger partial charge on any atom is 0.163 e. The average molecular weight is 339 g/mol. The fraction of sp³-hybridized carbons (Fsp3) is 0.125. The molecule has 0 saturated carbocycles. The first-order valence-corrected chi connectivity index (χ1v) is 8.98. The number of carbonyl (C=O) groups excluding carboxylic acids is 1. The molecule has 0 aliphatic rings. The number of aromatic amines is 1. The van der Waals surface area contributed by atoms with Crippen molar-refractivity contribution in [3.63, 3.8) is 0 Å². The van der Waals surface area contributed by atoms with Crippen LogP contribution >= 0.6 is 0 Å². The van der Waals surface area contributed by atoms with Crippen LogP contribution in [0.15, 0.2) is 84.9 Å². The normalized spacial score (nSPS) is 12.2. The molecule has 0 radical (unpaired) electrons. The van der Waals surface area contributed by atoms with Crippen LogP contribution in [-0.4, -0.2) is 10.8 Å². The van der Waals surface area contributed by atoms with Crippen molar-refractivity contribution in [2.45, 2.75) is 19.3 Å². The summed E-state index contributed by atoms with van der Waals surface area (Å²) in [6.45, 7) is 2.14. The third-order valence-electron chi connectivity index (χ3n) is 4.89. The minimum atomic E-state index is 0.120. The predicted octanol–water partition coefficient (Wildman–Crippen LogP) is 6.21. The molecular weight excluding hydrogens is 318 g/mol. The van der Waals surface area contributed by atoms with Gasteiger partial charge in [-0.2, -0.15) is 0 Å². The van der Waals surface area contributed by atoms with Gasteiger partial charge in [-0.05, 0) is 23.1 Å². The second kappa shape index (κ2) is 7.01. The van der Waals surface area contributed by atoms with Crippen molar-refractivity contribution in [1.29, 1.82) is 0 Å². The Balaban J connectivity index is 1.76. The smallest absolute Gasteiger partial charge is 0.163 e. The van der Waals surface area contributed by atoms with Gasteiger partial charge in [0.1, 0.15) is 0 Å². The number of carbonyl (C=O) groups is 1. The molecule has 3 aromatic carbocycles. The molecule has 1 atom stereocenters. The van der Waals surface area contributed by atoms with E-state index in [0.717, 1.165) is 22.3 Å². The summed E-state index contributed by atoms with van der Waals surface area (Å²) in [7, 11) is 0. The first-order valence-electron chi connectivity index (χ1n) is 8.98. The van der Waals surface area contributed by atoms with Crippen molar-refractivity contribution in [3.8, 4) is 11.3 Å². The zero-order chi connectivity index (χ0) is 17.9. The number of Topliss-reactive ketones (excluding diaryl/α,β-unsaturated/α-hetero) is 1. The number of rotatable bonds is 5. The predicted molar refractivity (Wildman–Crippen MR) is 108 cm³/mol. The number of para-hydroxylation sites is 1. The minimum Gasteiger partial charge on any atom is -0.354 e. The van der Waals surface area contributed by atoms with Gasteiger partial charge in [-0.3, -0.25) is 4.79 Å². The van der Waals surface area contributed by atoms with Crippen LogP contribution in [0.4, 0.5) is 0 Å². The van der Waals surface area contributed by atoms with Crippen LogP contribution < -0.4 is 0 Å². The number of H-pyrrole nitrogens is 1. The van der Waals surface area contributed by atoms with Crippen LogP contribution in [0, 0.1) is 0 Å². The van der Waals surface area contributed by atoms with Gasteiger partial charge in [0.15, 0.2) is 5.78 Å². The number of nitrogens with one attached hydrogen (secondary N) is 1. The first kappa shape index (κ1) is 16.3. The van der Waals surface area contributed by atoms with Crippen LogP contribution in [0.3, 0.4) is 0 Å². The summed E-state index contributed by atoms with van der Waals surface area (Å²) in [6.07, 6.45) is 0.492. The monoisotopic (exact) mass is 339 g/mol. The van der Waals surface area contributed by atoms with Crippen molar-refractivity contribution < 1.29 is 4.79 Å². The molecule has 1 N–H and O–H groups in total. The van der Waals surface area contributed by atoms with E-state index in [9.17, 15) is 4.79 Å². The van der Waals surface area contributed by atoms with Gasteiger partial charge in [0.05, 0.1) is 0 Å². The lowest BCUT2D eigenvalue weighted by Crippen LogP contribution is -2.05. The zero-order valence-corrected chi connectivity index (χ0v) is 14.8. The molecule has 0 amide bonds. The van der Waals surface area contributed by atoms with Gasteiger partial charge in [0.2, 0.25) is 0 Å². The summed E-state index contributed by atoms with van der Waals surface area (Å²) < 4.78 is 0. The fourth-order valence-corrected chi connectivity index (χ4v) is 3.63. The van der Waals surface area contributed by atoms with Gasteiger partial charge in [0.25, 0.3) is 0 Å². The largest absolute Gasteiger partial charge is 0.354 e. The Kier molecular flexibility index (Phi) is 4.40. The highest BCUT2D eigenvalue weighted by atomic mass is 16.1. The topological polar surface area (TPSA) is 32.9 Å². The van der Waals surface area contributed by atoms with E-state index in [2.05, 4.69) is 42.2 Å². The lowest BCUT2D eigenvalue weighted by Gasteiger charge is -2.13. The Labute approximate surface area is 153 Å². The molecule has 1 heterocycles. The third-order valence-corrected chi connectivity index (χ3v) is 4.89. The molecule has 2 heteroatoms. The highest BCUT2D eigenvalue weighted by molar-refractivity contribution is 5.98. The summed E-state index contributed by atoms with van der Waals surface area (Å²) in [5, 5.41) is 1.19. The molecule has 128 valence electrons. The number of aromatic nitrogens is 1. The number of benzene rings is 3. The van der Waals surface area contributed by atoms with Crippen molar-refractivity contribution in [1.82, 2.24) is 4.98 Å². The van der Waals surface area contributed by atoms with Crippen LogP contribution in [0.2, 0.25) is 0 Å². The van der Waals surface area contributed by atoms with Crippen LogP contribution in [0.1, 0.15) is 35.2 Å². The van der Waals surface area contributed by atoms with Crippen molar-refractivity contribution in [2.24, 2.45) is 0 Å². The molecule has 0 spiro atoms. The van der Waals surface area contributed by atoms with E-state index in [1.54, 1.807) is 0 Å². The molecule has 1 aromatic heterocycles. The molecule has 0 bridgehead atoms. The summed E-state index contributed by atoms with van der Waals surface area (Å²) >= 11 is 0. The van der Waals surface area contributed by atoms with Crippen LogP contribution in [-0.2, 0) is 0 Å². The van der Waals surface area contributed by atoms with E-state index in [0.29, 0.717) is 6.42 Å². The molecule has 4 rings (SSSR count). The number of hydrogen-bond donors (Lipinski definition) is 1. The average Bonchev–Trinajstić information content (AvgIpc) is 3.09. The summed E-state index contributed by atoms with van der Waals surface area (Å²) in [5.74, 6) is 0.302. The zero-order valence-electron chi connectivity index (χ0n) is 14.8. The Hall–Kier alpha value is -3.13. The van der Waals surface area contributed by atoms with Gasteiger partial charge in [-0.25, -0.2) is 0 Å². The molecular formula is C24H21NO. The molecule has 0 aliphatic heterocycles. The molecule has 0 fully saturated rings. The highest BCUT2D eigenvalue weighted by Gasteiger charge is 2.21. The van der Waals surface area contributed by atoms with E-state index < -0.39 is 0 Å². The summed E-state index contributed by atoms with van der Waals surface area (Å²) in [6, 6.07) is 28.2. The molecule has 0 saturated heterocycles. The molecule has 4 aromatic rings. The molecule has 0 aliphatic carbocycles. The summed E-state index contributed by atoms with van der Waals surface area (Å²) in [5.41, 5.74) is 5.37. The number of fused-ring (bicyclic) bond motifs is 1. The summed E-state index contributed by atoms with van der Waals surface area (Å²) in [4.78, 5) is 16.3. The van der Waals surface area contributed by atoms with Crippen molar-refractivity contribution >= 4 is 16.7 Å². The van der Waals surface area contributed by atoms with E-state index in [1.165, 1.54) is 10.9 Å². The quantitative estimate of drug-likeness (QED) is 0.431. The fourth-order valence-electron chi connectivity index (χ4n) is 3.63. The minimum absolute atomic E-state index is 0.120. The third kappa shape index (κ3) is 3.06. The lowest BCUT2D eigenvalue weighted by molar-refractivity contribution is 0.0976. The van der Waals surface area contributed by atoms with E-state index in [-0.39, 0.29) is 11.7 Å². The first-order chi connectivity index (χ1) is 12.7. The van der Waals surface area contributed by atoms with E-state index in [1.807, 2.05) is 54.6 Å². The van der Waals surface area contributed by atoms with Gasteiger partial charge in [-0.15, -0.1) is 0 Å². The maximum absolute atomic E-state index is 12.7. The Bertz CT molecular complexity index is 1030. The molecule has 26 heavy (non-hydrogen) atoms. The second-order valence-electron chi connectivity index (χ2n) is 6.72. The van der Waals surface area contributed by atoms with Crippen LogP contribution in [0.5, 0.6) is 0 Å². The van der Waals surface area contributed by atoms with Crippen molar-refractivity contribution in [3.05, 3.63) is 96.1 Å². The number of ketones is 1. The SMILES string of the molecule is CC(CC(=O)c1ccccc1)c1c(-c2ccccc2)[nH]c2ccccc12. The number of hydrogen-bond acceptors (Lipinski definition) is 1. The van der Waals surface area contributed by atoms with E-state index >= 15 is 0 Å². The van der Waals surface area contributed by atoms with Crippen LogP contribution in [0.25, 0.3) is 22.2 Å². The molecule has 1 unspecified atom stereocenters. The van der Waals surface area contributed by atoms with Gasteiger partial charge in [-0.1, -0.05) is 85.8 Å². The van der Waals surface area contributed by atoms with Gasteiger partial charge < -0.3 is 4.98 Å². The Morgan fingerprint density at radius 2 is 1.46 bits per heavy atom. The van der Waals surface area contributed by atoms with Gasteiger partial charge in [0, 0.05) is 28.6 Å². The Morgan fingerprint density at radius 1 is 0.846 bits per heavy atom. The Morgan fingerprint density at radius 3 is 2.19 bits per heavy atom. The standard InChI is InChI=1S/C24H21NO/c1-17(16-22(26)18-10-4-2-5-11-18)23-20-14-8-9-15-21(20)25-24(23)19-12-6-3-7-13-19/h2-15,17,25H,16H2,1H3. The van der Waals surface area contributed by atoms with Crippen molar-refractivity contribution in [2.75, 3.05) is 0 Å². The molecule has 2 nitrogen and oxygen atoms in total. The maximum atomic E-state index is 12.7. The lowest BCUT2D eigenvalue weighted by atomic mass is 9.89. The van der Waals surface area contributed by atoms with Gasteiger partial charge >= 0.3 is 0 Å². The van der Waals surface area contributed by atoms with E-state index in [4.69, 9.17) is 0 Å². The highest BCUT2D eigenvalue weighted by Crippen LogP contribution is 2.37. The second-order valence-corrected chi connectivity index (χ2v) is 6.72.